The molecular formula is C14H18N2O4. The molecule has 108 valence electrons. The van der Waals surface area contributed by atoms with E-state index in [1.165, 1.54) is 19.8 Å². The Hall–Kier alpha value is -2.11. The van der Waals surface area contributed by atoms with E-state index >= 15 is 0 Å². The van der Waals surface area contributed by atoms with Crippen LogP contribution >= 0.6 is 0 Å². The van der Waals surface area contributed by atoms with Gasteiger partial charge < -0.3 is 14.4 Å². The minimum atomic E-state index is -0.420. The highest BCUT2D eigenvalue weighted by Gasteiger charge is 2.20. The van der Waals surface area contributed by atoms with Crippen LogP contribution in [0.25, 0.3) is 0 Å². The number of pyridine rings is 1. The van der Waals surface area contributed by atoms with Crippen molar-refractivity contribution in [3.63, 3.8) is 0 Å². The van der Waals surface area contributed by atoms with E-state index < -0.39 is 11.9 Å². The summed E-state index contributed by atoms with van der Waals surface area (Å²) in [6.07, 6.45) is 3.07. The van der Waals surface area contributed by atoms with Crippen molar-refractivity contribution >= 4 is 17.8 Å². The van der Waals surface area contributed by atoms with Crippen molar-refractivity contribution in [1.82, 2.24) is 4.98 Å². The van der Waals surface area contributed by atoms with E-state index in [1.54, 1.807) is 4.90 Å². The van der Waals surface area contributed by atoms with E-state index in [0.29, 0.717) is 5.82 Å². The number of aromatic nitrogens is 1. The first-order chi connectivity index (χ1) is 9.63. The standard InChI is InChI=1S/C14H18N2O4/c1-19-13(17)8-16(9-14(18)20-2)12-7-6-10-4-3-5-11(10)15-12/h6-7H,3-5,8-9H2,1-2H3. The predicted molar refractivity (Wildman–Crippen MR) is 72.5 cm³/mol. The number of hydrogen-bond donors (Lipinski definition) is 0. The molecule has 20 heavy (non-hydrogen) atoms. The van der Waals surface area contributed by atoms with Crippen molar-refractivity contribution in [1.29, 1.82) is 0 Å². The maximum Gasteiger partial charge on any atom is 0.325 e. The molecule has 0 saturated carbocycles. The number of fused-ring (bicyclic) bond motifs is 1. The molecule has 0 aromatic carbocycles. The van der Waals surface area contributed by atoms with Crippen molar-refractivity contribution in [2.24, 2.45) is 0 Å². The number of ether oxygens (including phenoxy) is 2. The minimum Gasteiger partial charge on any atom is -0.468 e. The van der Waals surface area contributed by atoms with Gasteiger partial charge in [-0.1, -0.05) is 6.07 Å². The Morgan fingerprint density at radius 1 is 1.15 bits per heavy atom. The minimum absolute atomic E-state index is 0.0304. The second-order valence-electron chi connectivity index (χ2n) is 4.64. The number of carbonyl (C=O) groups excluding carboxylic acids is 2. The van der Waals surface area contributed by atoms with E-state index in [0.717, 1.165) is 25.0 Å². The number of aryl methyl sites for hydroxylation is 2. The zero-order chi connectivity index (χ0) is 14.5. The van der Waals surface area contributed by atoms with Crippen LogP contribution in [-0.4, -0.2) is 44.2 Å². The summed E-state index contributed by atoms with van der Waals surface area (Å²) in [4.78, 5) is 29.0. The fraction of sp³-hybridized carbons (Fsp3) is 0.500. The summed E-state index contributed by atoms with van der Waals surface area (Å²) in [6.45, 7) is -0.0607. The predicted octanol–water partition coefficient (Wildman–Crippen LogP) is 0.723. The number of rotatable bonds is 5. The van der Waals surface area contributed by atoms with E-state index in [9.17, 15) is 9.59 Å². The van der Waals surface area contributed by atoms with E-state index in [2.05, 4.69) is 14.5 Å². The average Bonchev–Trinajstić information content (AvgIpc) is 2.93. The smallest absolute Gasteiger partial charge is 0.325 e. The van der Waals surface area contributed by atoms with Crippen LogP contribution in [0.3, 0.4) is 0 Å². The fourth-order valence-corrected chi connectivity index (χ4v) is 2.24. The third-order valence-corrected chi connectivity index (χ3v) is 3.33. The number of hydrogen-bond acceptors (Lipinski definition) is 6. The summed E-state index contributed by atoms with van der Waals surface area (Å²) in [5, 5.41) is 0. The van der Waals surface area contributed by atoms with Crippen LogP contribution in [0.1, 0.15) is 17.7 Å². The van der Waals surface area contributed by atoms with Gasteiger partial charge in [-0.05, 0) is 30.9 Å². The lowest BCUT2D eigenvalue weighted by Crippen LogP contribution is -2.36. The highest BCUT2D eigenvalue weighted by atomic mass is 16.5. The summed E-state index contributed by atoms with van der Waals surface area (Å²) in [5.41, 5.74) is 2.28. The van der Waals surface area contributed by atoms with Gasteiger partial charge in [-0.15, -0.1) is 0 Å². The van der Waals surface area contributed by atoms with Gasteiger partial charge in [0.1, 0.15) is 18.9 Å². The lowest BCUT2D eigenvalue weighted by Gasteiger charge is -2.21. The largest absolute Gasteiger partial charge is 0.468 e. The highest BCUT2D eigenvalue weighted by molar-refractivity contribution is 5.80. The van der Waals surface area contributed by atoms with Gasteiger partial charge in [0.25, 0.3) is 0 Å². The number of esters is 2. The third kappa shape index (κ3) is 3.26. The molecule has 0 amide bonds. The van der Waals surface area contributed by atoms with Crippen LogP contribution in [0.2, 0.25) is 0 Å². The lowest BCUT2D eigenvalue weighted by molar-refractivity contribution is -0.140. The van der Waals surface area contributed by atoms with Crippen molar-refractivity contribution < 1.29 is 19.1 Å². The number of anilines is 1. The van der Waals surface area contributed by atoms with Crippen molar-refractivity contribution in [2.45, 2.75) is 19.3 Å². The van der Waals surface area contributed by atoms with Crippen LogP contribution in [0.15, 0.2) is 12.1 Å². The second-order valence-corrected chi connectivity index (χ2v) is 4.64. The summed E-state index contributed by atoms with van der Waals surface area (Å²) in [5.74, 6) is -0.242. The number of nitrogens with zero attached hydrogens (tertiary/aromatic N) is 2. The summed E-state index contributed by atoms with van der Waals surface area (Å²) in [6, 6.07) is 3.84. The molecule has 1 aromatic rings. The Labute approximate surface area is 117 Å². The Morgan fingerprint density at radius 2 is 1.80 bits per heavy atom. The SMILES string of the molecule is COC(=O)CN(CC(=O)OC)c1ccc2c(n1)CCC2. The summed E-state index contributed by atoms with van der Waals surface area (Å²) in [7, 11) is 2.63. The van der Waals surface area contributed by atoms with Gasteiger partial charge in [0.05, 0.1) is 14.2 Å². The van der Waals surface area contributed by atoms with Crippen molar-refractivity contribution in [3.05, 3.63) is 23.4 Å². The Bertz CT molecular complexity index is 498. The molecule has 0 bridgehead atoms. The quantitative estimate of drug-likeness (QED) is 0.739. The fourth-order valence-electron chi connectivity index (χ4n) is 2.24. The molecule has 6 nitrogen and oxygen atoms in total. The Morgan fingerprint density at radius 3 is 2.40 bits per heavy atom. The highest BCUT2D eigenvalue weighted by Crippen LogP contribution is 2.23. The van der Waals surface area contributed by atoms with Gasteiger partial charge >= 0.3 is 11.9 Å². The molecule has 0 aliphatic heterocycles. The molecule has 2 rings (SSSR count). The molecule has 1 heterocycles. The molecule has 0 spiro atoms. The number of carbonyl (C=O) groups is 2. The van der Waals surface area contributed by atoms with E-state index in [4.69, 9.17) is 0 Å². The summed E-state index contributed by atoms with van der Waals surface area (Å²) >= 11 is 0. The molecule has 6 heteroatoms. The van der Waals surface area contributed by atoms with Gasteiger partial charge in [0, 0.05) is 5.69 Å². The van der Waals surface area contributed by atoms with Gasteiger partial charge in [-0.25, -0.2) is 4.98 Å². The second kappa shape index (κ2) is 6.36. The molecule has 1 aromatic heterocycles. The molecule has 0 fully saturated rings. The van der Waals surface area contributed by atoms with Crippen molar-refractivity contribution in [3.8, 4) is 0 Å². The molecule has 1 aliphatic rings. The van der Waals surface area contributed by atoms with Gasteiger partial charge in [-0.3, -0.25) is 9.59 Å². The van der Waals surface area contributed by atoms with Gasteiger partial charge in [0.15, 0.2) is 0 Å². The van der Waals surface area contributed by atoms with Gasteiger partial charge in [-0.2, -0.15) is 0 Å². The normalized spacial score (nSPS) is 12.7. The zero-order valence-corrected chi connectivity index (χ0v) is 11.7. The van der Waals surface area contributed by atoms with Gasteiger partial charge in [0.2, 0.25) is 0 Å². The monoisotopic (exact) mass is 278 g/mol. The topological polar surface area (TPSA) is 68.7 Å². The lowest BCUT2D eigenvalue weighted by atomic mass is 10.2. The maximum absolute atomic E-state index is 11.5. The maximum atomic E-state index is 11.5. The molecule has 0 N–H and O–H groups in total. The van der Waals surface area contributed by atoms with Crippen LogP contribution < -0.4 is 4.90 Å². The molecule has 1 aliphatic carbocycles. The average molecular weight is 278 g/mol. The zero-order valence-electron chi connectivity index (χ0n) is 11.7. The van der Waals surface area contributed by atoms with Crippen LogP contribution in [0, 0.1) is 0 Å². The number of methoxy groups -OCH3 is 2. The van der Waals surface area contributed by atoms with Crippen LogP contribution in [0.5, 0.6) is 0 Å². The summed E-state index contributed by atoms with van der Waals surface area (Å²) < 4.78 is 9.30. The first kappa shape index (κ1) is 14.3. The molecule has 0 unspecified atom stereocenters. The molecule has 0 atom stereocenters. The molecule has 0 saturated heterocycles. The first-order valence-corrected chi connectivity index (χ1v) is 6.51. The van der Waals surface area contributed by atoms with E-state index in [1.807, 2.05) is 12.1 Å². The Balaban J connectivity index is 2.20. The molecule has 0 radical (unpaired) electrons. The van der Waals surface area contributed by atoms with Crippen molar-refractivity contribution in [2.75, 3.05) is 32.2 Å². The van der Waals surface area contributed by atoms with Crippen LogP contribution in [-0.2, 0) is 31.9 Å². The third-order valence-electron chi connectivity index (χ3n) is 3.33. The first-order valence-electron chi connectivity index (χ1n) is 6.51. The van der Waals surface area contributed by atoms with E-state index in [-0.39, 0.29) is 13.1 Å². The van der Waals surface area contributed by atoms with Crippen LogP contribution in [0.4, 0.5) is 5.82 Å². The Kier molecular flexibility index (Phi) is 4.55. The molecular weight excluding hydrogens is 260 g/mol.